The van der Waals surface area contributed by atoms with E-state index in [9.17, 15) is 30.3 Å². The first-order valence-corrected chi connectivity index (χ1v) is 19.1. The lowest BCUT2D eigenvalue weighted by atomic mass is 9.80. The molecule has 1 fully saturated rings. The third-order valence-electron chi connectivity index (χ3n) is 11.3. The highest BCUT2D eigenvalue weighted by molar-refractivity contribution is 5.70. The van der Waals surface area contributed by atoms with Gasteiger partial charge in [0.25, 0.3) is 0 Å². The zero-order valence-electron chi connectivity index (χ0n) is 29.7. The van der Waals surface area contributed by atoms with Gasteiger partial charge >= 0.3 is 5.97 Å². The molecule has 0 bridgehead atoms. The van der Waals surface area contributed by atoms with Crippen molar-refractivity contribution >= 4 is 11.8 Å². The third kappa shape index (κ3) is 12.2. The van der Waals surface area contributed by atoms with Crippen LogP contribution in [-0.2, 0) is 24.1 Å². The minimum absolute atomic E-state index is 0.0488. The Labute approximate surface area is 293 Å². The molecule has 8 N–H and O–H groups in total. The number of carbonyl (C=O) groups is 1. The average Bonchev–Trinajstić information content (AvgIpc) is 3.64. The summed E-state index contributed by atoms with van der Waals surface area (Å²) in [6, 6.07) is 7.93. The molecule has 2 aliphatic rings. The number of nitrogens with two attached hydrogens (primary N) is 1. The molecule has 9 nitrogen and oxygen atoms in total. The standard InChI is InChI=1S/C40H63N3O6/c1-2-3-5-9-28-13-14-31(37(46)24-28)10-6-4-7-12-35(39(47)48)36(45)17-19-40(49)27-30(22-29-18-20-42-38(41)25-29)23-32(40)26-34-16-15-33(43-34)11-8-21-44/h13-16,18,20,25,28,30-32,35-37,43-46,49H,2-12,17,19,21-24,26-27H2,1H3,(H2,41,42)(H,47,48). The van der Waals surface area contributed by atoms with Gasteiger partial charge in [0, 0.05) is 30.1 Å². The van der Waals surface area contributed by atoms with Crippen molar-refractivity contribution in [2.45, 2.75) is 140 Å². The van der Waals surface area contributed by atoms with E-state index in [4.69, 9.17) is 5.73 Å². The molecule has 0 saturated heterocycles. The van der Waals surface area contributed by atoms with Crippen LogP contribution in [0.15, 0.2) is 42.6 Å². The van der Waals surface area contributed by atoms with Gasteiger partial charge in [-0.2, -0.15) is 0 Å². The first-order valence-electron chi connectivity index (χ1n) is 19.1. The zero-order chi connectivity index (χ0) is 35.2. The molecule has 2 aliphatic carbocycles. The van der Waals surface area contributed by atoms with Gasteiger partial charge in [0.1, 0.15) is 5.82 Å². The Kier molecular flexibility index (Phi) is 15.6. The number of aliphatic hydroxyl groups excluding tert-OH is 3. The minimum Gasteiger partial charge on any atom is -0.481 e. The van der Waals surface area contributed by atoms with Crippen LogP contribution >= 0.6 is 0 Å². The lowest BCUT2D eigenvalue weighted by Gasteiger charge is -2.32. The second-order valence-electron chi connectivity index (χ2n) is 15.2. The number of aromatic amines is 1. The number of unbranched alkanes of at least 4 members (excludes halogenated alkanes) is 4. The molecule has 0 radical (unpaired) electrons. The molecule has 2 aromatic rings. The van der Waals surface area contributed by atoms with Gasteiger partial charge in [-0.3, -0.25) is 4.79 Å². The van der Waals surface area contributed by atoms with Crippen molar-refractivity contribution < 1.29 is 30.3 Å². The maximum absolute atomic E-state index is 12.3. The number of pyridine rings is 1. The Balaban J connectivity index is 1.29. The van der Waals surface area contributed by atoms with Gasteiger partial charge in [0.05, 0.1) is 23.7 Å². The van der Waals surface area contributed by atoms with E-state index < -0.39 is 23.6 Å². The number of aliphatic hydroxyl groups is 4. The second kappa shape index (κ2) is 19.6. The number of aromatic nitrogens is 2. The van der Waals surface area contributed by atoms with Crippen LogP contribution in [0.3, 0.4) is 0 Å². The van der Waals surface area contributed by atoms with Gasteiger partial charge in [0.15, 0.2) is 0 Å². The number of carboxylic acid groups (broad SMARTS) is 1. The molecule has 8 atom stereocenters. The lowest BCUT2D eigenvalue weighted by molar-refractivity contribution is -0.146. The molecule has 2 heterocycles. The van der Waals surface area contributed by atoms with Crippen molar-refractivity contribution in [1.29, 1.82) is 0 Å². The molecule has 0 amide bonds. The Morgan fingerprint density at radius 1 is 1.02 bits per heavy atom. The minimum atomic E-state index is -1.04. The number of hydrogen-bond acceptors (Lipinski definition) is 7. The normalized spacial score (nSPS) is 26.6. The summed E-state index contributed by atoms with van der Waals surface area (Å²) in [5, 5.41) is 53.2. The van der Waals surface area contributed by atoms with E-state index >= 15 is 0 Å². The summed E-state index contributed by atoms with van der Waals surface area (Å²) in [5.74, 6) is -0.575. The maximum Gasteiger partial charge on any atom is 0.309 e. The second-order valence-corrected chi connectivity index (χ2v) is 15.2. The number of nitrogen functional groups attached to an aromatic ring is 1. The first-order chi connectivity index (χ1) is 23.6. The summed E-state index contributed by atoms with van der Waals surface area (Å²) in [7, 11) is 0. The lowest BCUT2D eigenvalue weighted by Crippen LogP contribution is -2.37. The number of allylic oxidation sites excluding steroid dienone is 1. The number of H-pyrrole nitrogens is 1. The largest absolute Gasteiger partial charge is 0.481 e. The van der Waals surface area contributed by atoms with Crippen LogP contribution in [0, 0.1) is 29.6 Å². The summed E-state index contributed by atoms with van der Waals surface area (Å²) in [6.45, 7) is 2.35. The van der Waals surface area contributed by atoms with Crippen molar-refractivity contribution in [1.82, 2.24) is 9.97 Å². The van der Waals surface area contributed by atoms with Crippen LogP contribution < -0.4 is 5.73 Å². The van der Waals surface area contributed by atoms with Crippen molar-refractivity contribution in [3.8, 4) is 0 Å². The first kappa shape index (κ1) is 39.1. The maximum atomic E-state index is 12.3. The molecule has 4 rings (SSSR count). The summed E-state index contributed by atoms with van der Waals surface area (Å²) in [5.41, 5.74) is 8.08. The predicted octanol–water partition coefficient (Wildman–Crippen LogP) is 6.39. The van der Waals surface area contributed by atoms with Gasteiger partial charge in [-0.25, -0.2) is 4.98 Å². The number of aliphatic carboxylic acids is 1. The molecule has 2 aromatic heterocycles. The summed E-state index contributed by atoms with van der Waals surface area (Å²) in [4.78, 5) is 19.8. The fourth-order valence-corrected chi connectivity index (χ4v) is 8.50. The van der Waals surface area contributed by atoms with E-state index in [0.717, 1.165) is 68.3 Å². The smallest absolute Gasteiger partial charge is 0.309 e. The Morgan fingerprint density at radius 2 is 1.82 bits per heavy atom. The van der Waals surface area contributed by atoms with Gasteiger partial charge in [-0.15, -0.1) is 0 Å². The fraction of sp³-hybridized carbons (Fsp3) is 0.700. The van der Waals surface area contributed by atoms with Crippen molar-refractivity contribution in [3.63, 3.8) is 0 Å². The van der Waals surface area contributed by atoms with Crippen molar-refractivity contribution in [2.24, 2.45) is 29.6 Å². The molecule has 274 valence electrons. The molecule has 9 heteroatoms. The van der Waals surface area contributed by atoms with E-state index in [-0.39, 0.29) is 36.9 Å². The van der Waals surface area contributed by atoms with Crippen molar-refractivity contribution in [3.05, 3.63) is 59.6 Å². The highest BCUT2D eigenvalue weighted by Crippen LogP contribution is 2.46. The van der Waals surface area contributed by atoms with E-state index in [1.807, 2.05) is 18.2 Å². The summed E-state index contributed by atoms with van der Waals surface area (Å²) < 4.78 is 0. The van der Waals surface area contributed by atoms with Gasteiger partial charge in [-0.1, -0.05) is 57.6 Å². The highest BCUT2D eigenvalue weighted by Gasteiger charge is 2.46. The van der Waals surface area contributed by atoms with E-state index in [1.54, 1.807) is 6.20 Å². The van der Waals surface area contributed by atoms with Gasteiger partial charge in [0.2, 0.25) is 0 Å². The third-order valence-corrected chi connectivity index (χ3v) is 11.3. The summed E-state index contributed by atoms with van der Waals surface area (Å²) in [6.07, 6.45) is 19.1. The molecular weight excluding hydrogens is 618 g/mol. The van der Waals surface area contributed by atoms with Crippen molar-refractivity contribution in [2.75, 3.05) is 12.3 Å². The van der Waals surface area contributed by atoms with Crippen LogP contribution in [-0.4, -0.2) is 65.9 Å². The van der Waals surface area contributed by atoms with Crippen LogP contribution in [0.1, 0.15) is 120 Å². The molecule has 49 heavy (non-hydrogen) atoms. The quantitative estimate of drug-likeness (QED) is 0.0554. The number of anilines is 1. The van der Waals surface area contributed by atoms with E-state index in [1.165, 1.54) is 19.3 Å². The Morgan fingerprint density at radius 3 is 2.55 bits per heavy atom. The zero-order valence-corrected chi connectivity index (χ0v) is 29.7. The number of nitrogens with one attached hydrogen (secondary N) is 1. The Bertz CT molecular complexity index is 1300. The van der Waals surface area contributed by atoms with Gasteiger partial charge < -0.3 is 36.3 Å². The monoisotopic (exact) mass is 681 g/mol. The number of carboxylic acids is 1. The molecule has 0 aromatic carbocycles. The van der Waals surface area contributed by atoms with E-state index in [0.29, 0.717) is 50.3 Å². The number of hydrogen-bond donors (Lipinski definition) is 7. The van der Waals surface area contributed by atoms with E-state index in [2.05, 4.69) is 35.1 Å². The number of aryl methyl sites for hydroxylation is 1. The molecule has 1 saturated carbocycles. The predicted molar refractivity (Wildman–Crippen MR) is 194 cm³/mol. The highest BCUT2D eigenvalue weighted by atomic mass is 16.4. The molecule has 0 aliphatic heterocycles. The van der Waals surface area contributed by atoms with Crippen LogP contribution in [0.25, 0.3) is 0 Å². The summed E-state index contributed by atoms with van der Waals surface area (Å²) >= 11 is 0. The topological polar surface area (TPSA) is 173 Å². The van der Waals surface area contributed by atoms with Crippen LogP contribution in [0.2, 0.25) is 0 Å². The molecule has 8 unspecified atom stereocenters. The SMILES string of the molecule is CCCCCC1C=CC(CCCCCC(C(=O)O)C(O)CCC2(O)CC(Cc3ccnc(N)c3)CC2Cc2ccc(CCCO)[nH]2)C(O)C1. The fourth-order valence-electron chi connectivity index (χ4n) is 8.50. The number of nitrogens with zero attached hydrogens (tertiary/aromatic N) is 1. The average molecular weight is 682 g/mol. The van der Waals surface area contributed by atoms with Crippen LogP contribution in [0.4, 0.5) is 5.82 Å². The number of rotatable bonds is 22. The molecular formula is C40H63N3O6. The van der Waals surface area contributed by atoms with Gasteiger partial charge in [-0.05, 0) is 125 Å². The molecule has 0 spiro atoms. The Hall–Kier alpha value is -2.72. The van der Waals surface area contributed by atoms with Crippen LogP contribution in [0.5, 0.6) is 0 Å².